The van der Waals surface area contributed by atoms with Crippen molar-refractivity contribution in [1.82, 2.24) is 9.80 Å². The van der Waals surface area contributed by atoms with E-state index in [1.807, 2.05) is 30.2 Å². The molecule has 4 nitrogen and oxygen atoms in total. The zero-order valence-electron chi connectivity index (χ0n) is 17.2. The minimum atomic E-state index is -0.705. The van der Waals surface area contributed by atoms with Crippen molar-refractivity contribution in [2.24, 2.45) is 5.41 Å². The third-order valence-corrected chi connectivity index (χ3v) is 7.60. The molecule has 0 saturated heterocycles. The molecule has 0 radical (unpaired) electrons. The molecule has 4 rings (SSSR count). The molecule has 1 fully saturated rings. The van der Waals surface area contributed by atoms with E-state index in [1.165, 1.54) is 17.0 Å². The highest BCUT2D eigenvalue weighted by molar-refractivity contribution is 7.10. The minimum absolute atomic E-state index is 0.0565. The first-order valence-electron chi connectivity index (χ1n) is 10.3. The lowest BCUT2D eigenvalue weighted by Gasteiger charge is -2.38. The summed E-state index contributed by atoms with van der Waals surface area (Å²) in [6, 6.07) is 8.26. The molecule has 1 saturated carbocycles. The lowest BCUT2D eigenvalue weighted by Crippen LogP contribution is -2.50. The van der Waals surface area contributed by atoms with Gasteiger partial charge in [0.2, 0.25) is 11.8 Å². The number of hydrogen-bond donors (Lipinski definition) is 0. The topological polar surface area (TPSA) is 40.6 Å². The largest absolute Gasteiger partial charge is 0.330 e. The molecule has 30 heavy (non-hydrogen) atoms. The van der Waals surface area contributed by atoms with Crippen LogP contribution in [-0.2, 0) is 16.0 Å². The summed E-state index contributed by atoms with van der Waals surface area (Å²) in [4.78, 5) is 31.4. The van der Waals surface area contributed by atoms with Crippen molar-refractivity contribution >= 4 is 34.8 Å². The first-order chi connectivity index (χ1) is 14.3. The molecule has 0 spiro atoms. The van der Waals surface area contributed by atoms with Crippen LogP contribution in [0.5, 0.6) is 0 Å². The van der Waals surface area contributed by atoms with Crippen LogP contribution >= 0.6 is 22.9 Å². The Morgan fingerprint density at radius 3 is 2.57 bits per heavy atom. The van der Waals surface area contributed by atoms with Gasteiger partial charge in [0.25, 0.3) is 0 Å². The van der Waals surface area contributed by atoms with E-state index in [-0.39, 0.29) is 42.1 Å². The molecule has 2 aliphatic rings. The smallest absolute Gasteiger partial charge is 0.243 e. The van der Waals surface area contributed by atoms with Gasteiger partial charge < -0.3 is 9.80 Å². The van der Waals surface area contributed by atoms with Gasteiger partial charge in [0.15, 0.2) is 0 Å². The standard InChI is InChI=1S/C23H26ClFN2O2S/c1-23(2,14-24)22(29)27(17-7-8-17)13-20(28)26-11-9-19-18(10-12-30-19)21(26)15-3-5-16(25)6-4-15/h3-6,10,12,17,21H,7-9,11,13-14H2,1-2H3. The number of carbonyl (C=O) groups is 2. The van der Waals surface area contributed by atoms with Crippen molar-refractivity contribution in [2.45, 2.75) is 45.2 Å². The number of benzene rings is 1. The highest BCUT2D eigenvalue weighted by Crippen LogP contribution is 2.38. The van der Waals surface area contributed by atoms with Crippen LogP contribution in [0.4, 0.5) is 4.39 Å². The molecule has 160 valence electrons. The zero-order chi connectivity index (χ0) is 21.5. The van der Waals surface area contributed by atoms with E-state index < -0.39 is 5.41 Å². The van der Waals surface area contributed by atoms with Crippen LogP contribution in [0.25, 0.3) is 0 Å². The van der Waals surface area contributed by atoms with Gasteiger partial charge in [-0.05, 0) is 67.8 Å². The second kappa shape index (κ2) is 8.31. The first-order valence-corrected chi connectivity index (χ1v) is 11.7. The molecule has 7 heteroatoms. The summed E-state index contributed by atoms with van der Waals surface area (Å²) in [6.07, 6.45) is 2.64. The Hall–Kier alpha value is -1.92. The Kier molecular flexibility index (Phi) is 5.90. The molecule has 1 unspecified atom stereocenters. The van der Waals surface area contributed by atoms with E-state index in [2.05, 4.69) is 0 Å². The Morgan fingerprint density at radius 1 is 1.23 bits per heavy atom. The summed E-state index contributed by atoms with van der Waals surface area (Å²) < 4.78 is 13.5. The van der Waals surface area contributed by atoms with Gasteiger partial charge in [-0.25, -0.2) is 4.39 Å². The second-order valence-electron chi connectivity index (χ2n) is 8.77. The quantitative estimate of drug-likeness (QED) is 0.605. The van der Waals surface area contributed by atoms with Crippen molar-refractivity contribution < 1.29 is 14.0 Å². The van der Waals surface area contributed by atoms with E-state index in [4.69, 9.17) is 11.6 Å². The number of rotatable bonds is 6. The van der Waals surface area contributed by atoms with Crippen molar-refractivity contribution in [1.29, 1.82) is 0 Å². The van der Waals surface area contributed by atoms with Gasteiger partial charge in [-0.15, -0.1) is 22.9 Å². The molecule has 1 aliphatic heterocycles. The lowest BCUT2D eigenvalue weighted by atomic mass is 9.92. The van der Waals surface area contributed by atoms with Crippen molar-refractivity contribution in [3.63, 3.8) is 0 Å². The summed E-state index contributed by atoms with van der Waals surface area (Å²) >= 11 is 7.72. The summed E-state index contributed by atoms with van der Waals surface area (Å²) in [5.41, 5.74) is 1.27. The van der Waals surface area contributed by atoms with E-state index in [9.17, 15) is 14.0 Å². The van der Waals surface area contributed by atoms with Crippen molar-refractivity contribution in [2.75, 3.05) is 19.0 Å². The average molecular weight is 449 g/mol. The van der Waals surface area contributed by atoms with E-state index in [1.54, 1.807) is 28.4 Å². The van der Waals surface area contributed by atoms with Gasteiger partial charge in [-0.3, -0.25) is 9.59 Å². The molecule has 1 aromatic carbocycles. The molecule has 2 aromatic rings. The summed E-state index contributed by atoms with van der Waals surface area (Å²) in [6.45, 7) is 4.28. The fourth-order valence-corrected chi connectivity index (χ4v) is 5.04. The van der Waals surface area contributed by atoms with Crippen molar-refractivity contribution in [3.8, 4) is 0 Å². The number of halogens is 2. The van der Waals surface area contributed by atoms with Gasteiger partial charge in [0.1, 0.15) is 12.4 Å². The number of alkyl halides is 1. The van der Waals surface area contributed by atoms with E-state index >= 15 is 0 Å². The number of nitrogens with zero attached hydrogens (tertiary/aromatic N) is 2. The van der Waals surface area contributed by atoms with Crippen LogP contribution in [0.1, 0.15) is 48.7 Å². The molecule has 0 bridgehead atoms. The van der Waals surface area contributed by atoms with Crippen LogP contribution < -0.4 is 0 Å². The van der Waals surface area contributed by atoms with Crippen LogP contribution in [0.2, 0.25) is 0 Å². The van der Waals surface area contributed by atoms with Gasteiger partial charge in [0, 0.05) is 23.3 Å². The maximum atomic E-state index is 13.5. The second-order valence-corrected chi connectivity index (χ2v) is 10.0. The SMILES string of the molecule is CC(C)(CCl)C(=O)N(CC(=O)N1CCc2sccc2C1c1ccc(F)cc1)C1CC1. The molecule has 1 aliphatic carbocycles. The normalized spacial score (nSPS) is 18.8. The third kappa shape index (κ3) is 4.12. The van der Waals surface area contributed by atoms with Gasteiger partial charge in [-0.1, -0.05) is 12.1 Å². The van der Waals surface area contributed by atoms with Gasteiger partial charge >= 0.3 is 0 Å². The van der Waals surface area contributed by atoms with Gasteiger partial charge in [0.05, 0.1) is 11.5 Å². The Bertz CT molecular complexity index is 939. The molecule has 1 aromatic heterocycles. The summed E-state index contributed by atoms with van der Waals surface area (Å²) in [7, 11) is 0. The zero-order valence-corrected chi connectivity index (χ0v) is 18.8. The fraction of sp³-hybridized carbons (Fsp3) is 0.478. The fourth-order valence-electron chi connectivity index (χ4n) is 4.02. The predicted molar refractivity (Wildman–Crippen MR) is 117 cm³/mol. The Labute approximate surface area is 185 Å². The highest BCUT2D eigenvalue weighted by Gasteiger charge is 2.42. The predicted octanol–water partition coefficient (Wildman–Crippen LogP) is 4.62. The number of amides is 2. The highest BCUT2D eigenvalue weighted by atomic mass is 35.5. The third-order valence-electron chi connectivity index (χ3n) is 5.94. The molecule has 2 heterocycles. The summed E-state index contributed by atoms with van der Waals surface area (Å²) in [5, 5.41) is 2.04. The lowest BCUT2D eigenvalue weighted by molar-refractivity contribution is -0.146. The molecular weight excluding hydrogens is 423 g/mol. The van der Waals surface area contributed by atoms with E-state index in [0.29, 0.717) is 6.54 Å². The first kappa shape index (κ1) is 21.3. The minimum Gasteiger partial charge on any atom is -0.330 e. The monoisotopic (exact) mass is 448 g/mol. The van der Waals surface area contributed by atoms with Crippen LogP contribution in [0.3, 0.4) is 0 Å². The molecule has 2 amide bonds. The number of thiophene rings is 1. The number of hydrogen-bond acceptors (Lipinski definition) is 3. The summed E-state index contributed by atoms with van der Waals surface area (Å²) in [5.74, 6) is -0.234. The molecule has 1 atom stereocenters. The average Bonchev–Trinajstić information content (AvgIpc) is 3.47. The van der Waals surface area contributed by atoms with Gasteiger partial charge in [-0.2, -0.15) is 0 Å². The maximum Gasteiger partial charge on any atom is 0.243 e. The van der Waals surface area contributed by atoms with Crippen LogP contribution in [0.15, 0.2) is 35.7 Å². The molecular formula is C23H26ClFN2O2S. The maximum absolute atomic E-state index is 13.5. The number of carbonyl (C=O) groups excluding carboxylic acids is 2. The molecule has 0 N–H and O–H groups in total. The Balaban J connectivity index is 1.61. The van der Waals surface area contributed by atoms with Crippen LogP contribution in [-0.4, -0.2) is 46.6 Å². The van der Waals surface area contributed by atoms with E-state index in [0.717, 1.165) is 30.4 Å². The van der Waals surface area contributed by atoms with Crippen molar-refractivity contribution in [3.05, 3.63) is 57.5 Å². The number of fused-ring (bicyclic) bond motifs is 1. The van der Waals surface area contributed by atoms with Crippen LogP contribution in [0, 0.1) is 11.2 Å². The Morgan fingerprint density at radius 2 is 1.93 bits per heavy atom.